The molecule has 2 aromatic rings. The lowest BCUT2D eigenvalue weighted by atomic mass is 10.1. The second-order valence-corrected chi connectivity index (χ2v) is 2.92. The molecular weight excluding hydrogens is 180 g/mol. The maximum Gasteiger partial charge on any atom is 0.355 e. The van der Waals surface area contributed by atoms with Gasteiger partial charge in [0, 0.05) is 5.39 Å². The Morgan fingerprint density at radius 2 is 2.07 bits per heavy atom. The van der Waals surface area contributed by atoms with Crippen molar-refractivity contribution in [2.75, 3.05) is 5.73 Å². The first-order valence-corrected chi connectivity index (χ1v) is 4.07. The molecule has 1 heterocycles. The standard InChI is InChI=1S/C10H8N2O2/c11-8-5-6-3-1-2-4-7(6)9(12-8)10(13)14/h1-5H,(H2,11,12)(H,13,14). The molecule has 3 N–H and O–H groups in total. The third-order valence-electron chi connectivity index (χ3n) is 1.96. The topological polar surface area (TPSA) is 76.2 Å². The fourth-order valence-electron chi connectivity index (χ4n) is 1.38. The molecule has 0 aliphatic heterocycles. The van der Waals surface area contributed by atoms with Crippen LogP contribution in [-0.4, -0.2) is 16.1 Å². The summed E-state index contributed by atoms with van der Waals surface area (Å²) in [6.07, 6.45) is 0. The van der Waals surface area contributed by atoms with Crippen LogP contribution in [0.2, 0.25) is 0 Å². The monoisotopic (exact) mass is 188 g/mol. The number of pyridine rings is 1. The first-order valence-electron chi connectivity index (χ1n) is 4.07. The molecule has 0 aliphatic rings. The number of anilines is 1. The molecule has 70 valence electrons. The van der Waals surface area contributed by atoms with Gasteiger partial charge in [0.05, 0.1) is 0 Å². The summed E-state index contributed by atoms with van der Waals surface area (Å²) in [5.41, 5.74) is 5.49. The number of carboxylic acid groups (broad SMARTS) is 1. The Balaban J connectivity index is 2.87. The summed E-state index contributed by atoms with van der Waals surface area (Å²) in [7, 11) is 0. The fourth-order valence-corrected chi connectivity index (χ4v) is 1.38. The number of nitrogens with two attached hydrogens (primary N) is 1. The predicted octanol–water partition coefficient (Wildman–Crippen LogP) is 1.52. The Labute approximate surface area is 80.0 Å². The molecule has 0 atom stereocenters. The van der Waals surface area contributed by atoms with Crippen LogP contribution < -0.4 is 5.73 Å². The van der Waals surface area contributed by atoms with E-state index >= 15 is 0 Å². The lowest BCUT2D eigenvalue weighted by Crippen LogP contribution is -2.03. The van der Waals surface area contributed by atoms with Gasteiger partial charge in [0.2, 0.25) is 0 Å². The minimum atomic E-state index is -1.06. The highest BCUT2D eigenvalue weighted by molar-refractivity contribution is 6.02. The van der Waals surface area contributed by atoms with E-state index in [-0.39, 0.29) is 11.5 Å². The normalized spacial score (nSPS) is 10.3. The number of hydrogen-bond donors (Lipinski definition) is 2. The summed E-state index contributed by atoms with van der Waals surface area (Å²) >= 11 is 0. The molecule has 0 bridgehead atoms. The maximum atomic E-state index is 10.8. The van der Waals surface area contributed by atoms with E-state index in [2.05, 4.69) is 4.98 Å². The Hall–Kier alpha value is -2.10. The molecule has 4 nitrogen and oxygen atoms in total. The number of hydrogen-bond acceptors (Lipinski definition) is 3. The molecular formula is C10H8N2O2. The lowest BCUT2D eigenvalue weighted by Gasteiger charge is -2.02. The summed E-state index contributed by atoms with van der Waals surface area (Å²) in [5, 5.41) is 10.3. The fraction of sp³-hybridized carbons (Fsp3) is 0. The molecule has 0 unspecified atom stereocenters. The zero-order chi connectivity index (χ0) is 10.1. The molecule has 0 spiro atoms. The Bertz CT molecular complexity index is 508. The highest BCUT2D eigenvalue weighted by atomic mass is 16.4. The van der Waals surface area contributed by atoms with Crippen LogP contribution in [0, 0.1) is 0 Å². The van der Waals surface area contributed by atoms with Crippen LogP contribution >= 0.6 is 0 Å². The highest BCUT2D eigenvalue weighted by Gasteiger charge is 2.10. The molecule has 2 rings (SSSR count). The molecule has 1 aromatic carbocycles. The average Bonchev–Trinajstić information content (AvgIpc) is 2.16. The summed E-state index contributed by atoms with van der Waals surface area (Å²) < 4.78 is 0. The van der Waals surface area contributed by atoms with Crippen LogP contribution in [0.25, 0.3) is 10.8 Å². The van der Waals surface area contributed by atoms with Gasteiger partial charge in [0.15, 0.2) is 5.69 Å². The number of nitrogen functional groups attached to an aromatic ring is 1. The SMILES string of the molecule is Nc1cc2ccccc2c(C(=O)O)n1. The molecule has 0 aliphatic carbocycles. The Kier molecular flexibility index (Phi) is 1.81. The van der Waals surface area contributed by atoms with Crippen molar-refractivity contribution < 1.29 is 9.90 Å². The largest absolute Gasteiger partial charge is 0.476 e. The van der Waals surface area contributed by atoms with Crippen molar-refractivity contribution in [3.8, 4) is 0 Å². The van der Waals surface area contributed by atoms with Gasteiger partial charge < -0.3 is 10.8 Å². The van der Waals surface area contributed by atoms with E-state index in [9.17, 15) is 4.79 Å². The smallest absolute Gasteiger partial charge is 0.355 e. The van der Waals surface area contributed by atoms with Gasteiger partial charge in [-0.1, -0.05) is 24.3 Å². The summed E-state index contributed by atoms with van der Waals surface area (Å²) in [6, 6.07) is 8.77. The second-order valence-electron chi connectivity index (χ2n) is 2.92. The van der Waals surface area contributed by atoms with E-state index < -0.39 is 5.97 Å². The van der Waals surface area contributed by atoms with Gasteiger partial charge in [-0.3, -0.25) is 0 Å². The summed E-state index contributed by atoms with van der Waals surface area (Å²) in [6.45, 7) is 0. The third kappa shape index (κ3) is 1.26. The van der Waals surface area contributed by atoms with Gasteiger partial charge in [0.1, 0.15) is 5.82 Å². The summed E-state index contributed by atoms with van der Waals surface area (Å²) in [4.78, 5) is 14.6. The van der Waals surface area contributed by atoms with E-state index in [1.165, 1.54) is 0 Å². The van der Waals surface area contributed by atoms with Crippen molar-refractivity contribution in [2.45, 2.75) is 0 Å². The number of benzene rings is 1. The van der Waals surface area contributed by atoms with Crippen molar-refractivity contribution in [1.82, 2.24) is 4.98 Å². The second kappa shape index (κ2) is 2.99. The number of carboxylic acids is 1. The lowest BCUT2D eigenvalue weighted by molar-refractivity contribution is 0.0693. The predicted molar refractivity (Wildman–Crippen MR) is 53.1 cm³/mol. The number of aromatic carboxylic acids is 1. The Morgan fingerprint density at radius 3 is 2.79 bits per heavy atom. The zero-order valence-corrected chi connectivity index (χ0v) is 7.27. The molecule has 0 saturated heterocycles. The van der Waals surface area contributed by atoms with Crippen molar-refractivity contribution >= 4 is 22.6 Å². The van der Waals surface area contributed by atoms with Crippen LogP contribution in [-0.2, 0) is 0 Å². The molecule has 0 radical (unpaired) electrons. The van der Waals surface area contributed by atoms with E-state index in [0.717, 1.165) is 5.39 Å². The van der Waals surface area contributed by atoms with Crippen molar-refractivity contribution in [1.29, 1.82) is 0 Å². The van der Waals surface area contributed by atoms with Crippen LogP contribution in [0.5, 0.6) is 0 Å². The molecule has 1 aromatic heterocycles. The maximum absolute atomic E-state index is 10.8. The van der Waals surface area contributed by atoms with E-state index in [1.54, 1.807) is 24.3 Å². The third-order valence-corrected chi connectivity index (χ3v) is 1.96. The number of carbonyl (C=O) groups is 1. The molecule has 0 saturated carbocycles. The highest BCUT2D eigenvalue weighted by Crippen LogP contribution is 2.19. The zero-order valence-electron chi connectivity index (χ0n) is 7.27. The van der Waals surface area contributed by atoms with E-state index in [0.29, 0.717) is 5.39 Å². The van der Waals surface area contributed by atoms with Crippen molar-refractivity contribution in [3.05, 3.63) is 36.0 Å². The minimum absolute atomic E-state index is 0.000556. The summed E-state index contributed by atoms with van der Waals surface area (Å²) in [5.74, 6) is -0.838. The van der Waals surface area contributed by atoms with Gasteiger partial charge in [-0.2, -0.15) is 0 Å². The van der Waals surface area contributed by atoms with Crippen molar-refractivity contribution in [2.24, 2.45) is 0 Å². The molecule has 0 amide bonds. The van der Waals surface area contributed by atoms with Crippen LogP contribution in [0.3, 0.4) is 0 Å². The van der Waals surface area contributed by atoms with Gasteiger partial charge in [-0.05, 0) is 11.5 Å². The van der Waals surface area contributed by atoms with Crippen LogP contribution in [0.4, 0.5) is 5.82 Å². The quantitative estimate of drug-likeness (QED) is 0.711. The Morgan fingerprint density at radius 1 is 1.36 bits per heavy atom. The number of rotatable bonds is 1. The number of aromatic nitrogens is 1. The van der Waals surface area contributed by atoms with Gasteiger partial charge in [0.25, 0.3) is 0 Å². The molecule has 4 heteroatoms. The first kappa shape index (κ1) is 8.50. The van der Waals surface area contributed by atoms with E-state index in [1.807, 2.05) is 6.07 Å². The number of nitrogens with zero attached hydrogens (tertiary/aromatic N) is 1. The minimum Gasteiger partial charge on any atom is -0.476 e. The average molecular weight is 188 g/mol. The van der Waals surface area contributed by atoms with Crippen LogP contribution in [0.15, 0.2) is 30.3 Å². The number of fused-ring (bicyclic) bond motifs is 1. The van der Waals surface area contributed by atoms with Crippen molar-refractivity contribution in [3.63, 3.8) is 0 Å². The van der Waals surface area contributed by atoms with E-state index in [4.69, 9.17) is 10.8 Å². The van der Waals surface area contributed by atoms with Gasteiger partial charge >= 0.3 is 5.97 Å². The first-order chi connectivity index (χ1) is 6.68. The van der Waals surface area contributed by atoms with Crippen LogP contribution in [0.1, 0.15) is 10.5 Å². The molecule has 14 heavy (non-hydrogen) atoms. The van der Waals surface area contributed by atoms with Gasteiger partial charge in [-0.15, -0.1) is 0 Å². The van der Waals surface area contributed by atoms with Gasteiger partial charge in [-0.25, -0.2) is 9.78 Å². The molecule has 0 fully saturated rings.